The molecule has 0 radical (unpaired) electrons. The Morgan fingerprint density at radius 3 is 2.48 bits per heavy atom. The van der Waals surface area contributed by atoms with Crippen molar-refractivity contribution in [3.63, 3.8) is 0 Å². The predicted molar refractivity (Wildman–Crippen MR) is 114 cm³/mol. The van der Waals surface area contributed by atoms with E-state index in [-0.39, 0.29) is 11.8 Å². The van der Waals surface area contributed by atoms with Crippen LogP contribution in [0.1, 0.15) is 28.4 Å². The standard InChI is InChI=1S/C23H22N4O2/c1-16(28)25-20-7-4-8-21(14-20)26-23(29)18-9-11-24-22(13-18)27-12-10-17-5-2-3-6-19(17)15-27/h2-9,11,13-14H,10,12,15H2,1H3,(H,25,28)(H,26,29). The molecule has 2 heterocycles. The Balaban J connectivity index is 1.49. The van der Waals surface area contributed by atoms with E-state index in [0.29, 0.717) is 16.9 Å². The summed E-state index contributed by atoms with van der Waals surface area (Å²) in [5.74, 6) is 0.417. The van der Waals surface area contributed by atoms with Crippen molar-refractivity contribution in [2.24, 2.45) is 0 Å². The number of anilines is 3. The van der Waals surface area contributed by atoms with Gasteiger partial charge in [-0.3, -0.25) is 9.59 Å². The minimum atomic E-state index is -0.217. The van der Waals surface area contributed by atoms with Gasteiger partial charge in [-0.15, -0.1) is 0 Å². The summed E-state index contributed by atoms with van der Waals surface area (Å²) in [5, 5.41) is 5.59. The lowest BCUT2D eigenvalue weighted by Crippen LogP contribution is -2.31. The van der Waals surface area contributed by atoms with Crippen LogP contribution < -0.4 is 15.5 Å². The van der Waals surface area contributed by atoms with Gasteiger partial charge in [0.15, 0.2) is 0 Å². The molecule has 0 saturated heterocycles. The number of benzene rings is 2. The average molecular weight is 386 g/mol. The number of nitrogens with one attached hydrogen (secondary N) is 2. The zero-order valence-electron chi connectivity index (χ0n) is 16.2. The van der Waals surface area contributed by atoms with E-state index in [1.807, 2.05) is 6.07 Å². The van der Waals surface area contributed by atoms with Crippen molar-refractivity contribution in [2.75, 3.05) is 22.1 Å². The number of carbonyl (C=O) groups excluding carboxylic acids is 2. The van der Waals surface area contributed by atoms with E-state index in [4.69, 9.17) is 0 Å². The molecule has 3 aromatic rings. The van der Waals surface area contributed by atoms with Crippen molar-refractivity contribution in [3.8, 4) is 0 Å². The number of hydrogen-bond donors (Lipinski definition) is 2. The molecule has 0 spiro atoms. The number of pyridine rings is 1. The van der Waals surface area contributed by atoms with E-state index in [1.165, 1.54) is 18.1 Å². The van der Waals surface area contributed by atoms with E-state index >= 15 is 0 Å². The van der Waals surface area contributed by atoms with Crippen LogP contribution in [0.5, 0.6) is 0 Å². The molecule has 2 N–H and O–H groups in total. The van der Waals surface area contributed by atoms with Gasteiger partial charge in [-0.25, -0.2) is 4.98 Å². The molecule has 6 heteroatoms. The van der Waals surface area contributed by atoms with Gasteiger partial charge in [0.05, 0.1) is 0 Å². The molecule has 1 aliphatic rings. The number of aromatic nitrogens is 1. The molecule has 0 fully saturated rings. The molecular weight excluding hydrogens is 364 g/mol. The Hall–Kier alpha value is -3.67. The lowest BCUT2D eigenvalue weighted by Gasteiger charge is -2.29. The van der Waals surface area contributed by atoms with Crippen molar-refractivity contribution < 1.29 is 9.59 Å². The number of amides is 2. The average Bonchev–Trinajstić information content (AvgIpc) is 2.73. The number of nitrogens with zero attached hydrogens (tertiary/aromatic N) is 2. The molecule has 146 valence electrons. The largest absolute Gasteiger partial charge is 0.352 e. The van der Waals surface area contributed by atoms with Gasteiger partial charge in [0.25, 0.3) is 5.91 Å². The van der Waals surface area contributed by atoms with Crippen LogP contribution in [0, 0.1) is 0 Å². The number of fused-ring (bicyclic) bond motifs is 1. The highest BCUT2D eigenvalue weighted by molar-refractivity contribution is 6.05. The van der Waals surface area contributed by atoms with Crippen LogP contribution >= 0.6 is 0 Å². The zero-order valence-corrected chi connectivity index (χ0v) is 16.2. The highest BCUT2D eigenvalue weighted by atomic mass is 16.2. The van der Waals surface area contributed by atoms with Gasteiger partial charge in [0.2, 0.25) is 5.91 Å². The molecule has 0 saturated carbocycles. The number of carbonyl (C=O) groups is 2. The molecule has 2 aromatic carbocycles. The topological polar surface area (TPSA) is 74.3 Å². The van der Waals surface area contributed by atoms with Gasteiger partial charge in [-0.2, -0.15) is 0 Å². The van der Waals surface area contributed by atoms with E-state index in [1.54, 1.807) is 36.5 Å². The third-order valence-corrected chi connectivity index (χ3v) is 4.90. The Morgan fingerprint density at radius 1 is 0.931 bits per heavy atom. The van der Waals surface area contributed by atoms with Gasteiger partial charge in [-0.1, -0.05) is 30.3 Å². The maximum absolute atomic E-state index is 12.7. The maximum atomic E-state index is 12.7. The lowest BCUT2D eigenvalue weighted by molar-refractivity contribution is -0.114. The second kappa shape index (κ2) is 8.14. The summed E-state index contributed by atoms with van der Waals surface area (Å²) in [6.07, 6.45) is 2.63. The molecule has 1 aliphatic heterocycles. The van der Waals surface area contributed by atoms with Crippen LogP contribution in [0.15, 0.2) is 66.9 Å². The minimum Gasteiger partial charge on any atom is -0.352 e. The van der Waals surface area contributed by atoms with Crippen LogP contribution in [-0.4, -0.2) is 23.3 Å². The molecule has 1 aromatic heterocycles. The van der Waals surface area contributed by atoms with Crippen LogP contribution in [0.3, 0.4) is 0 Å². The normalized spacial score (nSPS) is 12.8. The first kappa shape index (κ1) is 18.7. The van der Waals surface area contributed by atoms with Gasteiger partial charge in [0, 0.05) is 43.1 Å². The second-order valence-corrected chi connectivity index (χ2v) is 7.06. The quantitative estimate of drug-likeness (QED) is 0.714. The summed E-state index contributed by atoms with van der Waals surface area (Å²) < 4.78 is 0. The van der Waals surface area contributed by atoms with Crippen molar-refractivity contribution in [2.45, 2.75) is 19.9 Å². The SMILES string of the molecule is CC(=O)Nc1cccc(NC(=O)c2ccnc(N3CCc4ccccc4C3)c2)c1. The molecule has 0 unspecified atom stereocenters. The summed E-state index contributed by atoms with van der Waals surface area (Å²) in [5.41, 5.74) is 4.46. The fourth-order valence-corrected chi connectivity index (χ4v) is 3.51. The van der Waals surface area contributed by atoms with Crippen molar-refractivity contribution in [1.82, 2.24) is 4.98 Å². The van der Waals surface area contributed by atoms with Crippen LogP contribution in [0.25, 0.3) is 0 Å². The predicted octanol–water partition coefficient (Wildman–Crippen LogP) is 3.86. The fourth-order valence-electron chi connectivity index (χ4n) is 3.51. The monoisotopic (exact) mass is 386 g/mol. The van der Waals surface area contributed by atoms with Gasteiger partial charge in [-0.05, 0) is 47.9 Å². The smallest absolute Gasteiger partial charge is 0.255 e. The minimum absolute atomic E-state index is 0.157. The van der Waals surface area contributed by atoms with Crippen molar-refractivity contribution in [3.05, 3.63) is 83.6 Å². The van der Waals surface area contributed by atoms with E-state index < -0.39 is 0 Å². The highest BCUT2D eigenvalue weighted by Crippen LogP contribution is 2.24. The second-order valence-electron chi connectivity index (χ2n) is 7.06. The van der Waals surface area contributed by atoms with Crippen molar-refractivity contribution >= 4 is 29.0 Å². The highest BCUT2D eigenvalue weighted by Gasteiger charge is 2.18. The van der Waals surface area contributed by atoms with Crippen molar-refractivity contribution in [1.29, 1.82) is 0 Å². The lowest BCUT2D eigenvalue weighted by atomic mass is 10.00. The molecule has 0 aliphatic carbocycles. The van der Waals surface area contributed by atoms with E-state index in [9.17, 15) is 9.59 Å². The molecule has 6 nitrogen and oxygen atoms in total. The third kappa shape index (κ3) is 4.43. The maximum Gasteiger partial charge on any atom is 0.255 e. The first-order valence-corrected chi connectivity index (χ1v) is 9.55. The number of hydrogen-bond acceptors (Lipinski definition) is 4. The Morgan fingerprint density at radius 2 is 1.69 bits per heavy atom. The molecule has 0 atom stereocenters. The fraction of sp³-hybridized carbons (Fsp3) is 0.174. The van der Waals surface area contributed by atoms with Gasteiger partial charge >= 0.3 is 0 Å². The van der Waals surface area contributed by atoms with Crippen LogP contribution in [0.4, 0.5) is 17.2 Å². The van der Waals surface area contributed by atoms with E-state index in [2.05, 4.69) is 44.8 Å². The summed E-state index contributed by atoms with van der Waals surface area (Å²) in [7, 11) is 0. The van der Waals surface area contributed by atoms with Crippen LogP contribution in [0.2, 0.25) is 0 Å². The summed E-state index contributed by atoms with van der Waals surface area (Å²) >= 11 is 0. The molecule has 0 bridgehead atoms. The Labute approximate surface area is 169 Å². The molecular formula is C23H22N4O2. The zero-order chi connectivity index (χ0) is 20.2. The number of rotatable bonds is 4. The first-order chi connectivity index (χ1) is 14.1. The molecule has 29 heavy (non-hydrogen) atoms. The summed E-state index contributed by atoms with van der Waals surface area (Å²) in [6.45, 7) is 3.10. The van der Waals surface area contributed by atoms with Gasteiger partial charge < -0.3 is 15.5 Å². The first-order valence-electron chi connectivity index (χ1n) is 9.55. The summed E-state index contributed by atoms with van der Waals surface area (Å²) in [6, 6.07) is 19.0. The third-order valence-electron chi connectivity index (χ3n) is 4.90. The molecule has 2 amide bonds. The van der Waals surface area contributed by atoms with E-state index in [0.717, 1.165) is 25.3 Å². The summed E-state index contributed by atoms with van der Waals surface area (Å²) in [4.78, 5) is 30.6. The van der Waals surface area contributed by atoms with Gasteiger partial charge in [0.1, 0.15) is 5.82 Å². The Bertz CT molecular complexity index is 1060. The molecule has 4 rings (SSSR count). The van der Waals surface area contributed by atoms with Crippen LogP contribution in [-0.2, 0) is 17.8 Å². The Kier molecular flexibility index (Phi) is 5.24.